The molecule has 1 N–H and O–H groups in total. The van der Waals surface area contributed by atoms with E-state index in [1.807, 2.05) is 32.0 Å². The minimum Gasteiger partial charge on any atom is -0.307 e. The van der Waals surface area contributed by atoms with Gasteiger partial charge in [-0.05, 0) is 31.5 Å². The van der Waals surface area contributed by atoms with Gasteiger partial charge in [-0.1, -0.05) is 22.0 Å². The second kappa shape index (κ2) is 4.94. The first-order valence-corrected chi connectivity index (χ1v) is 6.35. The summed E-state index contributed by atoms with van der Waals surface area (Å²) in [7, 11) is 1.80. The number of hydrogen-bond donors (Lipinski definition) is 1. The maximum absolute atomic E-state index is 12.1. The Bertz CT molecular complexity index is 604. The van der Waals surface area contributed by atoms with Gasteiger partial charge in [-0.25, -0.2) is 0 Å². The van der Waals surface area contributed by atoms with Crippen molar-refractivity contribution in [3.63, 3.8) is 0 Å². The fraction of sp³-hybridized carbons (Fsp3) is 0.231. The molecule has 2 aromatic rings. The van der Waals surface area contributed by atoms with Crippen LogP contribution in [0.2, 0.25) is 0 Å². The van der Waals surface area contributed by atoms with Gasteiger partial charge in [-0.15, -0.1) is 0 Å². The van der Waals surface area contributed by atoms with E-state index in [0.29, 0.717) is 11.4 Å². The number of nitrogens with one attached hydrogen (secondary N) is 1. The standard InChI is InChI=1S/C13H14BrN3O/c1-8-4-5-10(7-11(8)14)13(18)15-12-6-9(2)16-17(12)3/h4-7H,1-3H3,(H,15,18). The van der Waals surface area contributed by atoms with Crippen LogP contribution in [0.5, 0.6) is 0 Å². The number of aromatic nitrogens is 2. The molecule has 0 spiro atoms. The summed E-state index contributed by atoms with van der Waals surface area (Å²) in [6.07, 6.45) is 0. The molecule has 0 aliphatic heterocycles. The zero-order chi connectivity index (χ0) is 13.3. The van der Waals surface area contributed by atoms with Crippen LogP contribution >= 0.6 is 15.9 Å². The number of hydrogen-bond acceptors (Lipinski definition) is 2. The molecule has 1 heterocycles. The number of rotatable bonds is 2. The second-order valence-electron chi connectivity index (χ2n) is 4.21. The molecule has 5 heteroatoms. The first-order valence-electron chi connectivity index (χ1n) is 5.55. The maximum atomic E-state index is 12.1. The number of carbonyl (C=O) groups is 1. The fourth-order valence-electron chi connectivity index (χ4n) is 1.65. The smallest absolute Gasteiger partial charge is 0.256 e. The largest absolute Gasteiger partial charge is 0.307 e. The molecule has 0 bridgehead atoms. The van der Waals surface area contributed by atoms with Crippen LogP contribution in [0.1, 0.15) is 21.6 Å². The lowest BCUT2D eigenvalue weighted by atomic mass is 10.1. The third kappa shape index (κ3) is 2.61. The first-order chi connectivity index (χ1) is 8.47. The molecule has 2 rings (SSSR count). The SMILES string of the molecule is Cc1cc(NC(=O)c2ccc(C)c(Br)c2)n(C)n1. The van der Waals surface area contributed by atoms with Crippen LogP contribution in [-0.4, -0.2) is 15.7 Å². The molecular weight excluding hydrogens is 294 g/mol. The highest BCUT2D eigenvalue weighted by atomic mass is 79.9. The molecule has 0 fully saturated rings. The van der Waals surface area contributed by atoms with Crippen molar-refractivity contribution in [3.05, 3.63) is 45.6 Å². The van der Waals surface area contributed by atoms with Crippen LogP contribution in [0.3, 0.4) is 0 Å². The van der Waals surface area contributed by atoms with Crippen molar-refractivity contribution < 1.29 is 4.79 Å². The highest BCUT2D eigenvalue weighted by Gasteiger charge is 2.10. The Hall–Kier alpha value is -1.62. The topological polar surface area (TPSA) is 46.9 Å². The van der Waals surface area contributed by atoms with Crippen LogP contribution in [0.4, 0.5) is 5.82 Å². The fourth-order valence-corrected chi connectivity index (χ4v) is 2.03. The predicted molar refractivity (Wildman–Crippen MR) is 74.8 cm³/mol. The molecule has 1 amide bonds. The number of anilines is 1. The number of benzene rings is 1. The van der Waals surface area contributed by atoms with E-state index in [2.05, 4.69) is 26.3 Å². The maximum Gasteiger partial charge on any atom is 0.256 e. The van der Waals surface area contributed by atoms with Gasteiger partial charge in [0.05, 0.1) is 5.69 Å². The van der Waals surface area contributed by atoms with Crippen LogP contribution in [0, 0.1) is 13.8 Å². The number of halogens is 1. The molecule has 0 aliphatic carbocycles. The van der Waals surface area contributed by atoms with Gasteiger partial charge in [-0.2, -0.15) is 5.10 Å². The van der Waals surface area contributed by atoms with Gasteiger partial charge in [0, 0.05) is 23.2 Å². The lowest BCUT2D eigenvalue weighted by Gasteiger charge is -2.06. The molecule has 0 atom stereocenters. The van der Waals surface area contributed by atoms with Gasteiger partial charge in [0.25, 0.3) is 5.91 Å². The van der Waals surface area contributed by atoms with Crippen molar-refractivity contribution >= 4 is 27.7 Å². The van der Waals surface area contributed by atoms with E-state index in [1.54, 1.807) is 17.8 Å². The van der Waals surface area contributed by atoms with Crippen molar-refractivity contribution in [1.82, 2.24) is 9.78 Å². The lowest BCUT2D eigenvalue weighted by Crippen LogP contribution is -2.14. The van der Waals surface area contributed by atoms with E-state index in [-0.39, 0.29) is 5.91 Å². The summed E-state index contributed by atoms with van der Waals surface area (Å²) in [6, 6.07) is 7.36. The van der Waals surface area contributed by atoms with Gasteiger partial charge >= 0.3 is 0 Å². The van der Waals surface area contributed by atoms with E-state index in [1.165, 1.54) is 0 Å². The van der Waals surface area contributed by atoms with Gasteiger partial charge in [0.2, 0.25) is 0 Å². The van der Waals surface area contributed by atoms with Gasteiger partial charge < -0.3 is 5.32 Å². The van der Waals surface area contributed by atoms with E-state index < -0.39 is 0 Å². The molecule has 0 aliphatic rings. The van der Waals surface area contributed by atoms with Gasteiger partial charge in [-0.3, -0.25) is 9.48 Å². The second-order valence-corrected chi connectivity index (χ2v) is 5.07. The third-order valence-electron chi connectivity index (χ3n) is 2.68. The molecule has 0 saturated carbocycles. The van der Waals surface area contributed by atoms with Crippen LogP contribution in [0.15, 0.2) is 28.7 Å². The Balaban J connectivity index is 2.22. The van der Waals surface area contributed by atoms with E-state index in [0.717, 1.165) is 15.7 Å². The minimum atomic E-state index is -0.140. The molecular formula is C13H14BrN3O. The Morgan fingerprint density at radius 3 is 2.61 bits per heavy atom. The highest BCUT2D eigenvalue weighted by Crippen LogP contribution is 2.18. The monoisotopic (exact) mass is 307 g/mol. The third-order valence-corrected chi connectivity index (χ3v) is 3.53. The molecule has 0 radical (unpaired) electrons. The Morgan fingerprint density at radius 2 is 2.06 bits per heavy atom. The lowest BCUT2D eigenvalue weighted by molar-refractivity contribution is 0.102. The molecule has 0 saturated heterocycles. The summed E-state index contributed by atoms with van der Waals surface area (Å²) in [5.74, 6) is 0.549. The highest BCUT2D eigenvalue weighted by molar-refractivity contribution is 9.10. The molecule has 4 nitrogen and oxygen atoms in total. The van der Waals surface area contributed by atoms with Gasteiger partial charge in [0.1, 0.15) is 5.82 Å². The number of carbonyl (C=O) groups excluding carboxylic acids is 1. The summed E-state index contributed by atoms with van der Waals surface area (Å²) in [6.45, 7) is 3.87. The summed E-state index contributed by atoms with van der Waals surface area (Å²) < 4.78 is 2.58. The minimum absolute atomic E-state index is 0.140. The summed E-state index contributed by atoms with van der Waals surface area (Å²) in [5.41, 5.74) is 2.59. The molecule has 1 aromatic heterocycles. The molecule has 0 unspecified atom stereocenters. The Morgan fingerprint density at radius 1 is 1.33 bits per heavy atom. The summed E-state index contributed by atoms with van der Waals surface area (Å²) in [5, 5.41) is 7.02. The zero-order valence-corrected chi connectivity index (χ0v) is 12.1. The number of aryl methyl sites for hydroxylation is 3. The average molecular weight is 308 g/mol. The van der Waals surface area contributed by atoms with E-state index >= 15 is 0 Å². The van der Waals surface area contributed by atoms with Gasteiger partial charge in [0.15, 0.2) is 0 Å². The number of amides is 1. The quantitative estimate of drug-likeness (QED) is 0.927. The van der Waals surface area contributed by atoms with Crippen LogP contribution < -0.4 is 5.32 Å². The summed E-state index contributed by atoms with van der Waals surface area (Å²) in [4.78, 5) is 12.1. The molecule has 1 aromatic carbocycles. The van der Waals surface area contributed by atoms with E-state index in [4.69, 9.17) is 0 Å². The van der Waals surface area contributed by atoms with Crippen molar-refractivity contribution in [1.29, 1.82) is 0 Å². The van der Waals surface area contributed by atoms with E-state index in [9.17, 15) is 4.79 Å². The Kier molecular flexibility index (Phi) is 3.52. The molecule has 18 heavy (non-hydrogen) atoms. The first kappa shape index (κ1) is 12.8. The van der Waals surface area contributed by atoms with Crippen molar-refractivity contribution in [2.45, 2.75) is 13.8 Å². The van der Waals surface area contributed by atoms with Crippen molar-refractivity contribution in [2.24, 2.45) is 7.05 Å². The summed E-state index contributed by atoms with van der Waals surface area (Å²) >= 11 is 3.42. The van der Waals surface area contributed by atoms with Crippen molar-refractivity contribution in [3.8, 4) is 0 Å². The van der Waals surface area contributed by atoms with Crippen LogP contribution in [0.25, 0.3) is 0 Å². The predicted octanol–water partition coefficient (Wildman–Crippen LogP) is 3.05. The normalized spacial score (nSPS) is 10.4. The average Bonchev–Trinajstić information content (AvgIpc) is 2.61. The Labute approximate surface area is 114 Å². The number of nitrogens with zero attached hydrogens (tertiary/aromatic N) is 2. The molecule has 94 valence electrons. The van der Waals surface area contributed by atoms with Crippen LogP contribution in [-0.2, 0) is 7.05 Å². The zero-order valence-electron chi connectivity index (χ0n) is 10.5. The van der Waals surface area contributed by atoms with Crippen molar-refractivity contribution in [2.75, 3.05) is 5.32 Å².